The maximum atomic E-state index is 11.7. The highest BCUT2D eigenvalue weighted by Gasteiger charge is 2.35. The Morgan fingerprint density at radius 1 is 1.30 bits per heavy atom. The summed E-state index contributed by atoms with van der Waals surface area (Å²) in [6.07, 6.45) is 4.66. The second-order valence-electron chi connectivity index (χ2n) is 5.72. The molecule has 1 aliphatic heterocycles. The fraction of sp³-hybridized carbons (Fsp3) is 0.444. The summed E-state index contributed by atoms with van der Waals surface area (Å²) in [5, 5.41) is 8.96. The predicted molar refractivity (Wildman–Crippen MR) is 84.9 cm³/mol. The lowest BCUT2D eigenvalue weighted by atomic mass is 9.84. The fourth-order valence-corrected chi connectivity index (χ4v) is 2.33. The van der Waals surface area contributed by atoms with Gasteiger partial charge in [0.05, 0.1) is 18.4 Å². The van der Waals surface area contributed by atoms with Crippen LogP contribution in [0.15, 0.2) is 42.5 Å². The zero-order valence-electron chi connectivity index (χ0n) is 13.2. The normalized spacial score (nSPS) is 25.0. The van der Waals surface area contributed by atoms with Gasteiger partial charge in [0.1, 0.15) is 12.7 Å². The number of carboxylic acids is 1. The molecule has 0 spiro atoms. The summed E-state index contributed by atoms with van der Waals surface area (Å²) in [4.78, 5) is 22.6. The number of hydrogen-bond donors (Lipinski definition) is 1. The number of carbonyl (C=O) groups excluding carboxylic acids is 1. The Hall–Kier alpha value is -2.14. The van der Waals surface area contributed by atoms with E-state index < -0.39 is 23.8 Å². The lowest BCUT2D eigenvalue weighted by Crippen LogP contribution is -2.32. The number of ether oxygens (including phenoxy) is 2. The summed E-state index contributed by atoms with van der Waals surface area (Å²) < 4.78 is 9.94. The molecule has 124 valence electrons. The molecule has 2 aliphatic rings. The first-order valence-corrected chi connectivity index (χ1v) is 7.77. The molecule has 0 saturated carbocycles. The van der Waals surface area contributed by atoms with Gasteiger partial charge in [0.25, 0.3) is 0 Å². The van der Waals surface area contributed by atoms with E-state index in [1.807, 2.05) is 18.2 Å². The molecule has 1 fully saturated rings. The summed E-state index contributed by atoms with van der Waals surface area (Å²) in [6, 6.07) is 10.3. The molecule has 1 aromatic rings. The molecule has 5 heteroatoms. The van der Waals surface area contributed by atoms with E-state index in [-0.39, 0.29) is 12.7 Å². The van der Waals surface area contributed by atoms with Crippen molar-refractivity contribution in [1.82, 2.24) is 0 Å². The molecule has 1 saturated heterocycles. The van der Waals surface area contributed by atoms with Gasteiger partial charge in [-0.2, -0.15) is 0 Å². The summed E-state index contributed by atoms with van der Waals surface area (Å²) in [5.74, 6) is -2.70. The largest absolute Gasteiger partial charge is 0.481 e. The smallest absolute Gasteiger partial charge is 0.311 e. The minimum atomic E-state index is -0.972. The minimum absolute atomic E-state index is 0.0198. The molecule has 0 bridgehead atoms. The topological polar surface area (TPSA) is 76.1 Å². The average Bonchev–Trinajstić information content (AvgIpc) is 3.38. The van der Waals surface area contributed by atoms with Crippen molar-refractivity contribution in [2.75, 3.05) is 13.2 Å². The van der Waals surface area contributed by atoms with E-state index in [4.69, 9.17) is 14.6 Å². The van der Waals surface area contributed by atoms with Gasteiger partial charge in [-0.05, 0) is 19.8 Å². The second kappa shape index (κ2) is 8.48. The number of esters is 1. The van der Waals surface area contributed by atoms with E-state index in [1.165, 1.54) is 5.56 Å². The van der Waals surface area contributed by atoms with Gasteiger partial charge < -0.3 is 14.6 Å². The zero-order chi connectivity index (χ0) is 16.7. The summed E-state index contributed by atoms with van der Waals surface area (Å²) in [6.45, 7) is 2.95. The third kappa shape index (κ3) is 5.87. The van der Waals surface area contributed by atoms with Gasteiger partial charge >= 0.3 is 11.9 Å². The maximum Gasteiger partial charge on any atom is 0.311 e. The quantitative estimate of drug-likeness (QED) is 0.524. The highest BCUT2D eigenvalue weighted by atomic mass is 16.6. The number of carbonyl (C=O) groups is 2. The van der Waals surface area contributed by atoms with E-state index in [2.05, 4.69) is 19.1 Å². The first-order valence-electron chi connectivity index (χ1n) is 7.77. The van der Waals surface area contributed by atoms with Crippen LogP contribution < -0.4 is 0 Å². The standard InChI is InChI=1S/C11H14O5.C7H8/c12-10(13)8-3-1-2-4-9(8)11(14)16-6-7-5-15-7;1-7-5-3-2-4-6-7/h1,3,7-9H,2,4-6H2,(H,12,13);2-6H,1H3. The van der Waals surface area contributed by atoms with Gasteiger partial charge in [-0.15, -0.1) is 0 Å². The van der Waals surface area contributed by atoms with Gasteiger partial charge in [-0.25, -0.2) is 0 Å². The molecule has 5 nitrogen and oxygen atoms in total. The van der Waals surface area contributed by atoms with Crippen molar-refractivity contribution in [3.63, 3.8) is 0 Å². The van der Waals surface area contributed by atoms with Crippen LogP contribution >= 0.6 is 0 Å². The lowest BCUT2D eigenvalue weighted by Gasteiger charge is -2.22. The van der Waals surface area contributed by atoms with Crippen molar-refractivity contribution in [2.45, 2.75) is 25.9 Å². The van der Waals surface area contributed by atoms with E-state index in [0.29, 0.717) is 13.0 Å². The Labute approximate surface area is 135 Å². The number of epoxide rings is 1. The van der Waals surface area contributed by atoms with Crippen LogP contribution in [0.25, 0.3) is 0 Å². The summed E-state index contributed by atoms with van der Waals surface area (Å²) in [7, 11) is 0. The van der Waals surface area contributed by atoms with Gasteiger partial charge in [0, 0.05) is 0 Å². The molecule has 1 aliphatic carbocycles. The lowest BCUT2D eigenvalue weighted by molar-refractivity contribution is -0.157. The van der Waals surface area contributed by atoms with Crippen molar-refractivity contribution in [1.29, 1.82) is 0 Å². The highest BCUT2D eigenvalue weighted by Crippen LogP contribution is 2.26. The molecule has 0 radical (unpaired) electrons. The van der Waals surface area contributed by atoms with Crippen LogP contribution in [-0.2, 0) is 19.1 Å². The van der Waals surface area contributed by atoms with Crippen LogP contribution in [0.2, 0.25) is 0 Å². The van der Waals surface area contributed by atoms with E-state index in [9.17, 15) is 9.59 Å². The fourth-order valence-electron chi connectivity index (χ4n) is 2.33. The zero-order valence-corrected chi connectivity index (χ0v) is 13.2. The van der Waals surface area contributed by atoms with Crippen LogP contribution in [0.3, 0.4) is 0 Å². The Bertz CT molecular complexity index is 548. The monoisotopic (exact) mass is 318 g/mol. The number of aliphatic carboxylic acids is 1. The average molecular weight is 318 g/mol. The Morgan fingerprint density at radius 2 is 2.00 bits per heavy atom. The van der Waals surface area contributed by atoms with Crippen molar-refractivity contribution in [3.8, 4) is 0 Å². The second-order valence-corrected chi connectivity index (χ2v) is 5.72. The van der Waals surface area contributed by atoms with Gasteiger partial charge in [0.15, 0.2) is 0 Å². The van der Waals surface area contributed by atoms with Gasteiger partial charge in [-0.3, -0.25) is 9.59 Å². The van der Waals surface area contributed by atoms with E-state index >= 15 is 0 Å². The molecule has 23 heavy (non-hydrogen) atoms. The van der Waals surface area contributed by atoms with Crippen LogP contribution in [-0.4, -0.2) is 36.4 Å². The van der Waals surface area contributed by atoms with Crippen LogP contribution in [0.4, 0.5) is 0 Å². The van der Waals surface area contributed by atoms with Gasteiger partial charge in [0.2, 0.25) is 0 Å². The first-order chi connectivity index (χ1) is 11.1. The molecule has 1 heterocycles. The van der Waals surface area contributed by atoms with Crippen molar-refractivity contribution in [3.05, 3.63) is 48.0 Å². The summed E-state index contributed by atoms with van der Waals surface area (Å²) >= 11 is 0. The SMILES string of the molecule is Cc1ccccc1.O=C(O)C1C=CCCC1C(=O)OCC1CO1. The number of rotatable bonds is 4. The number of benzene rings is 1. The molecular formula is C18H22O5. The molecule has 3 atom stereocenters. The van der Waals surface area contributed by atoms with E-state index in [1.54, 1.807) is 12.2 Å². The van der Waals surface area contributed by atoms with Crippen LogP contribution in [0.5, 0.6) is 0 Å². The van der Waals surface area contributed by atoms with Crippen LogP contribution in [0, 0.1) is 18.8 Å². The molecule has 0 amide bonds. The Balaban J connectivity index is 0.000000229. The third-order valence-electron chi connectivity index (χ3n) is 3.76. The molecule has 0 aromatic heterocycles. The number of aryl methyl sites for hydroxylation is 1. The number of carboxylic acid groups (broad SMARTS) is 1. The molecule has 3 rings (SSSR count). The van der Waals surface area contributed by atoms with E-state index in [0.717, 1.165) is 6.42 Å². The molecular weight excluding hydrogens is 296 g/mol. The van der Waals surface area contributed by atoms with Crippen LogP contribution in [0.1, 0.15) is 18.4 Å². The first kappa shape index (κ1) is 17.2. The Morgan fingerprint density at radius 3 is 2.52 bits per heavy atom. The highest BCUT2D eigenvalue weighted by molar-refractivity contribution is 5.82. The Kier molecular flexibility index (Phi) is 6.35. The summed E-state index contributed by atoms with van der Waals surface area (Å²) in [5.41, 5.74) is 1.32. The minimum Gasteiger partial charge on any atom is -0.481 e. The molecule has 1 N–H and O–H groups in total. The molecule has 3 unspecified atom stereocenters. The van der Waals surface area contributed by atoms with Crippen molar-refractivity contribution < 1.29 is 24.2 Å². The van der Waals surface area contributed by atoms with Crippen molar-refractivity contribution in [2.24, 2.45) is 11.8 Å². The number of hydrogen-bond acceptors (Lipinski definition) is 4. The van der Waals surface area contributed by atoms with Gasteiger partial charge in [-0.1, -0.05) is 48.0 Å². The third-order valence-corrected chi connectivity index (χ3v) is 3.76. The van der Waals surface area contributed by atoms with Crippen molar-refractivity contribution >= 4 is 11.9 Å². The molecule has 1 aromatic carbocycles. The number of allylic oxidation sites excluding steroid dienone is 1. The maximum absolute atomic E-state index is 11.7. The predicted octanol–water partition coefficient (Wildman–Crippen LogP) is 2.59.